The maximum Gasteiger partial charge on any atom is 0.161 e. The van der Waals surface area contributed by atoms with Gasteiger partial charge < -0.3 is 5.32 Å². The Hall–Kier alpha value is -0.960. The molecule has 0 spiro atoms. The number of aliphatic imine (C=N–C) groups is 1. The van der Waals surface area contributed by atoms with E-state index in [1.807, 2.05) is 11.8 Å². The van der Waals surface area contributed by atoms with Gasteiger partial charge in [-0.2, -0.15) is 0 Å². The van der Waals surface area contributed by atoms with E-state index in [0.717, 1.165) is 10.9 Å². The fourth-order valence-electron chi connectivity index (χ4n) is 2.57. The molecule has 18 heavy (non-hydrogen) atoms. The van der Waals surface area contributed by atoms with Crippen LogP contribution < -0.4 is 5.32 Å². The molecule has 1 unspecified atom stereocenters. The summed E-state index contributed by atoms with van der Waals surface area (Å²) in [5, 5.41) is 4.56. The Morgan fingerprint density at radius 3 is 2.89 bits per heavy atom. The van der Waals surface area contributed by atoms with Gasteiger partial charge in [-0.3, -0.25) is 4.99 Å². The highest BCUT2D eigenvalue weighted by atomic mass is 32.2. The zero-order valence-electron chi connectivity index (χ0n) is 11.1. The van der Waals surface area contributed by atoms with Crippen LogP contribution in [0.4, 0.5) is 5.69 Å². The Morgan fingerprint density at radius 2 is 2.11 bits per heavy atom. The van der Waals surface area contributed by atoms with E-state index in [4.69, 9.17) is 4.99 Å². The van der Waals surface area contributed by atoms with Crippen LogP contribution in [0.25, 0.3) is 0 Å². The van der Waals surface area contributed by atoms with Crippen molar-refractivity contribution >= 4 is 22.6 Å². The van der Waals surface area contributed by atoms with Crippen LogP contribution in [0.15, 0.2) is 23.2 Å². The fraction of sp³-hybridized carbons (Fsp3) is 0.533. The highest BCUT2D eigenvalue weighted by Crippen LogP contribution is 2.28. The molecule has 0 amide bonds. The Labute approximate surface area is 113 Å². The highest BCUT2D eigenvalue weighted by molar-refractivity contribution is 8.14. The van der Waals surface area contributed by atoms with E-state index in [1.165, 1.54) is 36.1 Å². The third kappa shape index (κ3) is 2.41. The van der Waals surface area contributed by atoms with Gasteiger partial charge in [0.1, 0.15) is 0 Å². The Morgan fingerprint density at radius 1 is 1.28 bits per heavy atom. The number of nitrogens with one attached hydrogen (secondary N) is 1. The third-order valence-corrected chi connectivity index (χ3v) is 4.78. The smallest absolute Gasteiger partial charge is 0.161 e. The van der Waals surface area contributed by atoms with E-state index in [-0.39, 0.29) is 0 Å². The number of anilines is 1. The predicted molar refractivity (Wildman–Crippen MR) is 80.6 cm³/mol. The van der Waals surface area contributed by atoms with Crippen LogP contribution in [0.5, 0.6) is 0 Å². The molecular weight excluding hydrogens is 240 g/mol. The van der Waals surface area contributed by atoms with E-state index in [1.54, 1.807) is 0 Å². The lowest BCUT2D eigenvalue weighted by molar-refractivity contribution is 0.543. The minimum atomic E-state index is 0.479. The summed E-state index contributed by atoms with van der Waals surface area (Å²) in [6, 6.07) is 7.24. The first-order valence-electron chi connectivity index (χ1n) is 6.82. The minimum Gasteiger partial charge on any atom is -0.335 e. The number of amidine groups is 1. The first-order chi connectivity index (χ1) is 8.72. The van der Waals surface area contributed by atoms with Gasteiger partial charge in [0.2, 0.25) is 0 Å². The summed E-state index contributed by atoms with van der Waals surface area (Å²) in [6.45, 7) is 4.49. The Bertz CT molecular complexity index is 479. The second-order valence-corrected chi connectivity index (χ2v) is 6.53. The monoisotopic (exact) mass is 260 g/mol. The number of thioether (sulfide) groups is 1. The van der Waals surface area contributed by atoms with Crippen LogP contribution in [-0.4, -0.2) is 17.0 Å². The lowest BCUT2D eigenvalue weighted by atomic mass is 10.1. The van der Waals surface area contributed by atoms with E-state index in [0.29, 0.717) is 12.0 Å². The Kier molecular flexibility index (Phi) is 3.33. The van der Waals surface area contributed by atoms with Crippen molar-refractivity contribution in [3.63, 3.8) is 0 Å². The van der Waals surface area contributed by atoms with Crippen molar-refractivity contribution in [1.29, 1.82) is 0 Å². The second kappa shape index (κ2) is 4.96. The van der Waals surface area contributed by atoms with Gasteiger partial charge in [0.05, 0.1) is 6.04 Å². The fourth-order valence-corrected chi connectivity index (χ4v) is 3.76. The average Bonchev–Trinajstić information content (AvgIpc) is 2.96. The number of fused-ring (bicyclic) bond motifs is 1. The molecule has 1 N–H and O–H groups in total. The zero-order chi connectivity index (χ0) is 12.5. The van der Waals surface area contributed by atoms with Gasteiger partial charge in [0.25, 0.3) is 0 Å². The number of benzene rings is 1. The van der Waals surface area contributed by atoms with Crippen LogP contribution in [-0.2, 0) is 12.8 Å². The summed E-state index contributed by atoms with van der Waals surface area (Å²) in [5.74, 6) is 1.75. The van der Waals surface area contributed by atoms with Crippen molar-refractivity contribution in [3.05, 3.63) is 29.3 Å². The quantitative estimate of drug-likeness (QED) is 0.876. The Balaban J connectivity index is 1.72. The molecule has 0 bridgehead atoms. The molecule has 2 nitrogen and oxygen atoms in total. The summed E-state index contributed by atoms with van der Waals surface area (Å²) in [7, 11) is 0. The predicted octanol–water partition coefficient (Wildman–Crippen LogP) is 3.71. The van der Waals surface area contributed by atoms with Gasteiger partial charge >= 0.3 is 0 Å². The van der Waals surface area contributed by atoms with E-state index in [2.05, 4.69) is 37.4 Å². The molecular formula is C15H20N2S. The number of aryl methyl sites for hydroxylation is 2. The molecule has 0 saturated heterocycles. The second-order valence-electron chi connectivity index (χ2n) is 5.52. The molecule has 1 aromatic rings. The molecule has 0 radical (unpaired) electrons. The average molecular weight is 260 g/mol. The summed E-state index contributed by atoms with van der Waals surface area (Å²) < 4.78 is 0. The van der Waals surface area contributed by atoms with E-state index < -0.39 is 0 Å². The van der Waals surface area contributed by atoms with Crippen molar-refractivity contribution in [3.8, 4) is 0 Å². The highest BCUT2D eigenvalue weighted by Gasteiger charge is 2.21. The number of rotatable bonds is 2. The largest absolute Gasteiger partial charge is 0.335 e. The van der Waals surface area contributed by atoms with Crippen molar-refractivity contribution in [2.24, 2.45) is 10.9 Å². The minimum absolute atomic E-state index is 0.479. The first kappa shape index (κ1) is 12.1. The maximum atomic E-state index is 4.74. The van der Waals surface area contributed by atoms with E-state index >= 15 is 0 Å². The topological polar surface area (TPSA) is 24.4 Å². The molecule has 1 aliphatic carbocycles. The van der Waals surface area contributed by atoms with Gasteiger partial charge in [-0.1, -0.05) is 31.7 Å². The molecule has 0 aromatic heterocycles. The van der Waals surface area contributed by atoms with Gasteiger partial charge in [0.15, 0.2) is 5.17 Å². The molecule has 3 rings (SSSR count). The van der Waals surface area contributed by atoms with Crippen molar-refractivity contribution in [1.82, 2.24) is 0 Å². The van der Waals surface area contributed by atoms with Crippen LogP contribution in [0, 0.1) is 5.92 Å². The zero-order valence-corrected chi connectivity index (χ0v) is 11.9. The van der Waals surface area contributed by atoms with Crippen molar-refractivity contribution in [2.75, 3.05) is 11.1 Å². The molecule has 96 valence electrons. The lowest BCUT2D eigenvalue weighted by Crippen LogP contribution is -2.12. The van der Waals surface area contributed by atoms with Crippen LogP contribution >= 0.6 is 11.8 Å². The molecule has 2 aliphatic rings. The molecule has 0 saturated carbocycles. The normalized spacial score (nSPS) is 22.2. The molecule has 1 heterocycles. The number of hydrogen-bond acceptors (Lipinski definition) is 3. The van der Waals surface area contributed by atoms with Crippen LogP contribution in [0.3, 0.4) is 0 Å². The van der Waals surface area contributed by atoms with Gasteiger partial charge in [-0.25, -0.2) is 0 Å². The number of hydrogen-bond donors (Lipinski definition) is 1. The van der Waals surface area contributed by atoms with Gasteiger partial charge in [-0.05, 0) is 48.4 Å². The van der Waals surface area contributed by atoms with Crippen molar-refractivity contribution < 1.29 is 0 Å². The summed E-state index contributed by atoms with van der Waals surface area (Å²) in [6.07, 6.45) is 3.80. The standard InChI is InChI=1S/C15H20N2S/c1-10(2)14-9-18-15(17-14)16-13-7-6-11-4-3-5-12(11)8-13/h6-8,10,14H,3-5,9H2,1-2H3,(H,16,17). The molecule has 3 heteroatoms. The number of nitrogens with zero attached hydrogens (tertiary/aromatic N) is 1. The van der Waals surface area contributed by atoms with Crippen LogP contribution in [0.2, 0.25) is 0 Å². The van der Waals surface area contributed by atoms with Gasteiger partial charge in [-0.15, -0.1) is 0 Å². The summed E-state index contributed by atoms with van der Waals surface area (Å²) in [4.78, 5) is 4.74. The summed E-state index contributed by atoms with van der Waals surface area (Å²) >= 11 is 1.85. The molecule has 1 atom stereocenters. The molecule has 1 aliphatic heterocycles. The third-order valence-electron chi connectivity index (χ3n) is 3.79. The summed E-state index contributed by atoms with van der Waals surface area (Å²) in [5.41, 5.74) is 4.25. The lowest BCUT2D eigenvalue weighted by Gasteiger charge is -2.08. The van der Waals surface area contributed by atoms with Crippen LogP contribution in [0.1, 0.15) is 31.4 Å². The maximum absolute atomic E-state index is 4.74. The van der Waals surface area contributed by atoms with E-state index in [9.17, 15) is 0 Å². The van der Waals surface area contributed by atoms with Gasteiger partial charge in [0, 0.05) is 11.4 Å². The SMILES string of the molecule is CC(C)C1CSC(Nc2ccc3c(c2)CCC3)=N1. The first-order valence-corrected chi connectivity index (χ1v) is 7.80. The molecule has 1 aromatic carbocycles. The molecule has 0 fully saturated rings. The van der Waals surface area contributed by atoms with Crippen molar-refractivity contribution in [2.45, 2.75) is 39.2 Å².